The topological polar surface area (TPSA) is 78.5 Å². The van der Waals surface area contributed by atoms with Gasteiger partial charge >= 0.3 is 6.03 Å². The van der Waals surface area contributed by atoms with E-state index in [1.54, 1.807) is 0 Å². The Morgan fingerprint density at radius 3 is 2.67 bits per heavy atom. The van der Waals surface area contributed by atoms with Gasteiger partial charge in [0.2, 0.25) is 0 Å². The van der Waals surface area contributed by atoms with Gasteiger partial charge in [-0.1, -0.05) is 47.7 Å². The maximum atomic E-state index is 12.3. The number of benzene rings is 1. The van der Waals surface area contributed by atoms with Crippen LogP contribution < -0.4 is 0 Å². The normalized spacial score (nSPS) is 10.7. The molecule has 0 aliphatic carbocycles. The Kier molecular flexibility index (Phi) is 3.55. The predicted octanol–water partition coefficient (Wildman–Crippen LogP) is 1.54. The fourth-order valence-electron chi connectivity index (χ4n) is 2.17. The molecule has 0 amide bonds. The number of carbonyl (C=O) groups excluding carboxylic acids is 1. The van der Waals surface area contributed by atoms with Gasteiger partial charge in [0.05, 0.1) is 23.8 Å². The van der Waals surface area contributed by atoms with Crippen molar-refractivity contribution >= 4 is 6.03 Å². The molecule has 21 heavy (non-hydrogen) atoms. The minimum atomic E-state index is -0.379. The van der Waals surface area contributed by atoms with E-state index < -0.39 is 0 Å². The summed E-state index contributed by atoms with van der Waals surface area (Å²) in [6, 6.07) is 9.60. The molecule has 0 fully saturated rings. The molecule has 0 radical (unpaired) electrons. The summed E-state index contributed by atoms with van der Waals surface area (Å²) in [6.45, 7) is 1.97. The van der Waals surface area contributed by atoms with Gasteiger partial charge in [-0.05, 0) is 12.0 Å². The van der Waals surface area contributed by atoms with Crippen molar-refractivity contribution in [3.8, 4) is 0 Å². The fraction of sp³-hybridized carbons (Fsp3) is 0.214. The zero-order valence-corrected chi connectivity index (χ0v) is 11.5. The number of aromatic nitrogens is 6. The summed E-state index contributed by atoms with van der Waals surface area (Å²) in [5.74, 6) is 0. The molecular formula is C14H14N6O. The Hall–Kier alpha value is -2.83. The predicted molar refractivity (Wildman–Crippen MR) is 74.9 cm³/mol. The first-order valence-electron chi connectivity index (χ1n) is 6.68. The van der Waals surface area contributed by atoms with Crippen LogP contribution in [0, 0.1) is 0 Å². The van der Waals surface area contributed by atoms with Crippen LogP contribution in [0.1, 0.15) is 23.9 Å². The van der Waals surface area contributed by atoms with E-state index in [0.717, 1.165) is 21.6 Å². The van der Waals surface area contributed by atoms with E-state index in [0.29, 0.717) is 12.8 Å². The number of nitrogens with zero attached hydrogens (tertiary/aromatic N) is 6. The average molecular weight is 282 g/mol. The first-order chi connectivity index (χ1) is 10.3. The molecule has 3 aromatic rings. The Morgan fingerprint density at radius 1 is 1.19 bits per heavy atom. The Balaban J connectivity index is 1.92. The SMILES string of the molecule is CCc1c(Cc2ccccc2)nnn1C(=O)n1ccnn1. The van der Waals surface area contributed by atoms with Crippen LogP contribution in [0.2, 0.25) is 0 Å². The molecular weight excluding hydrogens is 268 g/mol. The van der Waals surface area contributed by atoms with Crippen molar-refractivity contribution in [3.63, 3.8) is 0 Å². The van der Waals surface area contributed by atoms with Crippen LogP contribution in [-0.2, 0) is 12.8 Å². The van der Waals surface area contributed by atoms with E-state index in [9.17, 15) is 4.79 Å². The summed E-state index contributed by atoms with van der Waals surface area (Å²) in [5.41, 5.74) is 2.73. The molecule has 0 bridgehead atoms. The van der Waals surface area contributed by atoms with Crippen LogP contribution in [0.25, 0.3) is 0 Å². The second-order valence-electron chi connectivity index (χ2n) is 4.54. The minimum absolute atomic E-state index is 0.379. The highest BCUT2D eigenvalue weighted by Crippen LogP contribution is 2.13. The van der Waals surface area contributed by atoms with Crippen LogP contribution >= 0.6 is 0 Å². The van der Waals surface area contributed by atoms with E-state index in [1.807, 2.05) is 37.3 Å². The number of carbonyl (C=O) groups is 1. The summed E-state index contributed by atoms with van der Waals surface area (Å²) < 4.78 is 2.42. The van der Waals surface area contributed by atoms with E-state index in [2.05, 4.69) is 20.6 Å². The first-order valence-corrected chi connectivity index (χ1v) is 6.68. The third-order valence-corrected chi connectivity index (χ3v) is 3.19. The number of rotatable bonds is 3. The lowest BCUT2D eigenvalue weighted by Gasteiger charge is -2.04. The van der Waals surface area contributed by atoms with Gasteiger partial charge in [-0.15, -0.1) is 10.2 Å². The van der Waals surface area contributed by atoms with Gasteiger partial charge in [0.25, 0.3) is 0 Å². The number of hydrogen-bond acceptors (Lipinski definition) is 5. The highest BCUT2D eigenvalue weighted by atomic mass is 16.2. The molecule has 2 aromatic heterocycles. The molecule has 7 nitrogen and oxygen atoms in total. The largest absolute Gasteiger partial charge is 0.372 e. The smallest absolute Gasteiger partial charge is 0.243 e. The molecule has 7 heteroatoms. The Morgan fingerprint density at radius 2 is 2.00 bits per heavy atom. The van der Waals surface area contributed by atoms with Crippen LogP contribution in [-0.4, -0.2) is 36.0 Å². The van der Waals surface area contributed by atoms with Crippen molar-refractivity contribution in [1.29, 1.82) is 0 Å². The van der Waals surface area contributed by atoms with Crippen molar-refractivity contribution < 1.29 is 4.79 Å². The van der Waals surface area contributed by atoms with Crippen molar-refractivity contribution in [3.05, 3.63) is 59.7 Å². The van der Waals surface area contributed by atoms with Crippen LogP contribution in [0.3, 0.4) is 0 Å². The highest BCUT2D eigenvalue weighted by molar-refractivity contribution is 5.77. The molecule has 1 aromatic carbocycles. The van der Waals surface area contributed by atoms with Crippen LogP contribution in [0.15, 0.2) is 42.7 Å². The molecule has 0 atom stereocenters. The monoisotopic (exact) mass is 282 g/mol. The van der Waals surface area contributed by atoms with E-state index in [-0.39, 0.29) is 6.03 Å². The van der Waals surface area contributed by atoms with E-state index in [4.69, 9.17) is 0 Å². The van der Waals surface area contributed by atoms with Crippen molar-refractivity contribution in [2.75, 3.05) is 0 Å². The molecule has 3 rings (SSSR count). The first kappa shape index (κ1) is 13.2. The third kappa shape index (κ3) is 2.58. The Bertz CT molecular complexity index is 732. The van der Waals surface area contributed by atoms with Crippen molar-refractivity contribution in [2.24, 2.45) is 0 Å². The standard InChI is InChI=1S/C14H14N6O/c1-2-13-12(10-11-6-4-3-5-7-11)16-18-20(13)14(21)19-9-8-15-17-19/h3-9H,2,10H2,1H3. The fourth-order valence-corrected chi connectivity index (χ4v) is 2.17. The molecule has 106 valence electrons. The van der Waals surface area contributed by atoms with Gasteiger partial charge in [0.15, 0.2) is 0 Å². The van der Waals surface area contributed by atoms with Gasteiger partial charge in [-0.2, -0.15) is 9.36 Å². The summed E-state index contributed by atoms with van der Waals surface area (Å²) in [6.07, 6.45) is 4.25. The zero-order chi connectivity index (χ0) is 14.7. The summed E-state index contributed by atoms with van der Waals surface area (Å²) in [4.78, 5) is 12.3. The minimum Gasteiger partial charge on any atom is -0.243 e. The molecule has 0 aliphatic rings. The highest BCUT2D eigenvalue weighted by Gasteiger charge is 2.18. The van der Waals surface area contributed by atoms with E-state index in [1.165, 1.54) is 17.1 Å². The Labute approximate surface area is 121 Å². The summed E-state index contributed by atoms with van der Waals surface area (Å²) in [7, 11) is 0. The van der Waals surface area contributed by atoms with Crippen LogP contribution in [0.5, 0.6) is 0 Å². The molecule has 0 spiro atoms. The molecule has 0 N–H and O–H groups in total. The molecule has 0 unspecified atom stereocenters. The summed E-state index contributed by atoms with van der Waals surface area (Å²) in [5, 5.41) is 15.4. The van der Waals surface area contributed by atoms with Gasteiger partial charge in [-0.25, -0.2) is 4.79 Å². The molecule has 0 saturated heterocycles. The maximum absolute atomic E-state index is 12.3. The summed E-state index contributed by atoms with van der Waals surface area (Å²) >= 11 is 0. The molecule has 0 saturated carbocycles. The van der Waals surface area contributed by atoms with E-state index >= 15 is 0 Å². The second-order valence-corrected chi connectivity index (χ2v) is 4.54. The van der Waals surface area contributed by atoms with Gasteiger partial charge in [0.1, 0.15) is 0 Å². The number of hydrogen-bond donors (Lipinski definition) is 0. The average Bonchev–Trinajstić information content (AvgIpc) is 3.17. The molecule has 2 heterocycles. The lowest BCUT2D eigenvalue weighted by atomic mass is 10.1. The van der Waals surface area contributed by atoms with Crippen molar-refractivity contribution in [1.82, 2.24) is 30.0 Å². The molecule has 0 aliphatic heterocycles. The van der Waals surface area contributed by atoms with Gasteiger partial charge in [-0.3, -0.25) is 0 Å². The van der Waals surface area contributed by atoms with Gasteiger partial charge < -0.3 is 0 Å². The van der Waals surface area contributed by atoms with Gasteiger partial charge in [0, 0.05) is 6.42 Å². The maximum Gasteiger partial charge on any atom is 0.372 e. The lowest BCUT2D eigenvalue weighted by molar-refractivity contribution is 0.236. The lowest BCUT2D eigenvalue weighted by Crippen LogP contribution is -2.23. The second kappa shape index (κ2) is 5.66. The zero-order valence-electron chi connectivity index (χ0n) is 11.5. The van der Waals surface area contributed by atoms with Crippen molar-refractivity contribution in [2.45, 2.75) is 19.8 Å². The van der Waals surface area contributed by atoms with Crippen LogP contribution in [0.4, 0.5) is 4.79 Å². The third-order valence-electron chi connectivity index (χ3n) is 3.19. The quantitative estimate of drug-likeness (QED) is 0.728.